The quantitative estimate of drug-likeness (QED) is 0.848. The van der Waals surface area contributed by atoms with Crippen molar-refractivity contribution in [2.75, 3.05) is 25.0 Å². The third-order valence-corrected chi connectivity index (χ3v) is 6.24. The second kappa shape index (κ2) is 7.43. The number of phenolic OH excluding ortho intramolecular Hbond substituents is 1. The van der Waals surface area contributed by atoms with Crippen molar-refractivity contribution in [3.63, 3.8) is 0 Å². The highest BCUT2D eigenvalue weighted by Crippen LogP contribution is 2.55. The van der Waals surface area contributed by atoms with E-state index in [-0.39, 0.29) is 11.4 Å². The first kappa shape index (κ1) is 18.7. The first-order valence-corrected chi connectivity index (χ1v) is 9.99. The molecule has 148 valence electrons. The lowest BCUT2D eigenvalue weighted by Crippen LogP contribution is -2.64. The summed E-state index contributed by atoms with van der Waals surface area (Å²) >= 11 is 0. The number of likely N-dealkylation sites (tertiary alicyclic amines) is 2. The van der Waals surface area contributed by atoms with Gasteiger partial charge in [-0.3, -0.25) is 9.88 Å². The molecule has 4 rings (SSSR count). The summed E-state index contributed by atoms with van der Waals surface area (Å²) in [6, 6.07) is 12.1. The SMILES string of the molecule is CC(C)N1CC2(CCN(C(=O)Nc3cccnc3)CC2)C1c1ccc(O)cc1. The van der Waals surface area contributed by atoms with E-state index in [1.54, 1.807) is 24.5 Å². The highest BCUT2D eigenvalue weighted by Gasteiger charge is 2.54. The highest BCUT2D eigenvalue weighted by molar-refractivity contribution is 5.89. The Hall–Kier alpha value is -2.60. The molecule has 1 aromatic carbocycles. The zero-order chi connectivity index (χ0) is 19.7. The van der Waals surface area contributed by atoms with Gasteiger partial charge in [0.2, 0.25) is 0 Å². The third kappa shape index (κ3) is 3.44. The fraction of sp³-hybridized carbons (Fsp3) is 0.455. The maximum absolute atomic E-state index is 12.6. The van der Waals surface area contributed by atoms with E-state index in [0.29, 0.717) is 17.8 Å². The molecule has 1 unspecified atom stereocenters. The van der Waals surface area contributed by atoms with E-state index < -0.39 is 0 Å². The molecule has 2 amide bonds. The fourth-order valence-electron chi connectivity index (χ4n) is 4.69. The van der Waals surface area contributed by atoms with E-state index in [1.807, 2.05) is 29.2 Å². The van der Waals surface area contributed by atoms with Crippen molar-refractivity contribution in [3.05, 3.63) is 54.4 Å². The van der Waals surface area contributed by atoms with Crippen LogP contribution >= 0.6 is 0 Å². The molecule has 28 heavy (non-hydrogen) atoms. The second-order valence-electron chi connectivity index (χ2n) is 8.28. The van der Waals surface area contributed by atoms with Crippen LogP contribution in [0.25, 0.3) is 0 Å². The van der Waals surface area contributed by atoms with Gasteiger partial charge in [0.25, 0.3) is 0 Å². The van der Waals surface area contributed by atoms with E-state index >= 15 is 0 Å². The predicted octanol–water partition coefficient (Wildman–Crippen LogP) is 3.87. The summed E-state index contributed by atoms with van der Waals surface area (Å²) in [5.41, 5.74) is 2.18. The summed E-state index contributed by atoms with van der Waals surface area (Å²) in [7, 11) is 0. The van der Waals surface area contributed by atoms with Crippen LogP contribution in [0, 0.1) is 5.41 Å². The Morgan fingerprint density at radius 2 is 1.93 bits per heavy atom. The van der Waals surface area contributed by atoms with Crippen molar-refractivity contribution in [1.29, 1.82) is 0 Å². The average molecular weight is 380 g/mol. The number of aromatic nitrogens is 1. The lowest BCUT2D eigenvalue weighted by molar-refractivity contribution is -0.123. The van der Waals surface area contributed by atoms with Gasteiger partial charge < -0.3 is 15.3 Å². The van der Waals surface area contributed by atoms with Crippen LogP contribution in [0.3, 0.4) is 0 Å². The second-order valence-corrected chi connectivity index (χ2v) is 8.28. The van der Waals surface area contributed by atoms with E-state index in [1.165, 1.54) is 5.56 Å². The molecule has 3 heterocycles. The summed E-state index contributed by atoms with van der Waals surface area (Å²) in [5.74, 6) is 0.301. The number of nitrogens with one attached hydrogen (secondary N) is 1. The van der Waals surface area contributed by atoms with E-state index in [0.717, 1.165) is 38.2 Å². The first-order valence-electron chi connectivity index (χ1n) is 9.99. The Bertz CT molecular complexity index is 814. The molecular weight excluding hydrogens is 352 g/mol. The molecule has 0 aliphatic carbocycles. The van der Waals surface area contributed by atoms with Gasteiger partial charge in [-0.05, 0) is 56.5 Å². The summed E-state index contributed by atoms with van der Waals surface area (Å²) in [5, 5.41) is 12.6. The van der Waals surface area contributed by atoms with Crippen molar-refractivity contribution < 1.29 is 9.90 Å². The number of anilines is 1. The molecule has 2 N–H and O–H groups in total. The molecule has 1 spiro atoms. The zero-order valence-electron chi connectivity index (χ0n) is 16.5. The van der Waals surface area contributed by atoms with Gasteiger partial charge in [-0.1, -0.05) is 12.1 Å². The van der Waals surface area contributed by atoms with Crippen molar-refractivity contribution in [2.45, 2.75) is 38.8 Å². The Kier molecular flexibility index (Phi) is 4.98. The van der Waals surface area contributed by atoms with Gasteiger partial charge in [-0.2, -0.15) is 0 Å². The van der Waals surface area contributed by atoms with E-state index in [9.17, 15) is 9.90 Å². The van der Waals surface area contributed by atoms with Gasteiger partial charge in [-0.15, -0.1) is 0 Å². The van der Waals surface area contributed by atoms with Gasteiger partial charge in [0.15, 0.2) is 0 Å². The number of aromatic hydroxyl groups is 1. The molecule has 0 bridgehead atoms. The van der Waals surface area contributed by atoms with Crippen molar-refractivity contribution in [2.24, 2.45) is 5.41 Å². The molecule has 2 saturated heterocycles. The predicted molar refractivity (Wildman–Crippen MR) is 109 cm³/mol. The maximum atomic E-state index is 12.6. The molecule has 2 aromatic rings. The average Bonchev–Trinajstić information content (AvgIpc) is 2.69. The van der Waals surface area contributed by atoms with Gasteiger partial charge in [0.05, 0.1) is 11.9 Å². The molecule has 0 saturated carbocycles. The molecule has 1 atom stereocenters. The van der Waals surface area contributed by atoms with E-state index in [2.05, 4.69) is 29.0 Å². The molecule has 2 fully saturated rings. The minimum Gasteiger partial charge on any atom is -0.508 e. The highest BCUT2D eigenvalue weighted by atomic mass is 16.3. The number of hydrogen-bond donors (Lipinski definition) is 2. The van der Waals surface area contributed by atoms with Crippen LogP contribution in [-0.4, -0.2) is 51.6 Å². The Morgan fingerprint density at radius 3 is 2.54 bits per heavy atom. The minimum absolute atomic E-state index is 0.0518. The summed E-state index contributed by atoms with van der Waals surface area (Å²) in [6.45, 7) is 7.04. The number of nitrogens with zero attached hydrogens (tertiary/aromatic N) is 3. The number of hydrogen-bond acceptors (Lipinski definition) is 4. The van der Waals surface area contributed by atoms with Crippen LogP contribution in [0.4, 0.5) is 10.5 Å². The van der Waals surface area contributed by atoms with Crippen LogP contribution in [0.1, 0.15) is 38.3 Å². The number of pyridine rings is 1. The fourth-order valence-corrected chi connectivity index (χ4v) is 4.69. The number of benzene rings is 1. The van der Waals surface area contributed by atoms with Crippen LogP contribution in [0.2, 0.25) is 0 Å². The van der Waals surface area contributed by atoms with Crippen molar-refractivity contribution in [1.82, 2.24) is 14.8 Å². The molecule has 2 aliphatic rings. The summed E-state index contributed by atoms with van der Waals surface area (Å²) < 4.78 is 0. The largest absolute Gasteiger partial charge is 0.508 e. The van der Waals surface area contributed by atoms with Crippen LogP contribution < -0.4 is 5.32 Å². The number of piperidine rings is 1. The van der Waals surface area contributed by atoms with Crippen LogP contribution in [0.5, 0.6) is 5.75 Å². The topological polar surface area (TPSA) is 68.7 Å². The van der Waals surface area contributed by atoms with Crippen molar-refractivity contribution in [3.8, 4) is 5.75 Å². The normalized spacial score (nSPS) is 21.5. The molecule has 6 nitrogen and oxygen atoms in total. The van der Waals surface area contributed by atoms with Crippen LogP contribution in [-0.2, 0) is 0 Å². The molecule has 2 aliphatic heterocycles. The lowest BCUT2D eigenvalue weighted by atomic mass is 9.62. The standard InChI is InChI=1S/C22H28N4O2/c1-16(2)26-15-22(20(26)17-5-7-19(27)8-6-17)9-12-25(13-10-22)21(28)24-18-4-3-11-23-14-18/h3-8,11,14,16,20,27H,9-10,12-13,15H2,1-2H3,(H,24,28). The summed E-state index contributed by atoms with van der Waals surface area (Å²) in [4.78, 5) is 21.1. The number of amides is 2. The number of rotatable bonds is 3. The van der Waals surface area contributed by atoms with E-state index in [4.69, 9.17) is 0 Å². The molecule has 0 radical (unpaired) electrons. The molecule has 1 aromatic heterocycles. The molecular formula is C22H28N4O2. The van der Waals surface area contributed by atoms with Crippen LogP contribution in [0.15, 0.2) is 48.8 Å². The number of carbonyl (C=O) groups excluding carboxylic acids is 1. The minimum atomic E-state index is -0.0518. The number of urea groups is 1. The summed E-state index contributed by atoms with van der Waals surface area (Å²) in [6.07, 6.45) is 5.34. The first-order chi connectivity index (χ1) is 13.5. The lowest BCUT2D eigenvalue weighted by Gasteiger charge is -2.62. The smallest absolute Gasteiger partial charge is 0.321 e. The molecule has 6 heteroatoms. The maximum Gasteiger partial charge on any atom is 0.321 e. The number of carbonyl (C=O) groups is 1. The Labute approximate surface area is 166 Å². The van der Waals surface area contributed by atoms with Crippen molar-refractivity contribution >= 4 is 11.7 Å². The third-order valence-electron chi connectivity index (χ3n) is 6.24. The van der Waals surface area contributed by atoms with Gasteiger partial charge in [-0.25, -0.2) is 4.79 Å². The van der Waals surface area contributed by atoms with Gasteiger partial charge >= 0.3 is 6.03 Å². The van der Waals surface area contributed by atoms with Gasteiger partial charge in [0, 0.05) is 43.3 Å². The monoisotopic (exact) mass is 380 g/mol. The number of phenols is 1. The van der Waals surface area contributed by atoms with Gasteiger partial charge in [0.1, 0.15) is 5.75 Å². The zero-order valence-corrected chi connectivity index (χ0v) is 16.5. The Morgan fingerprint density at radius 1 is 1.21 bits per heavy atom. The Balaban J connectivity index is 1.44.